The first kappa shape index (κ1) is 12.8. The van der Waals surface area contributed by atoms with Crippen LogP contribution >= 0.6 is 0 Å². The molecule has 2 fully saturated rings. The van der Waals surface area contributed by atoms with E-state index in [4.69, 9.17) is 18.9 Å². The standard InChI is InChI=1S/C11H18O6/c1-6(13)15-9-7(4-12)16-8-5-14-11(2,3)17-10(8)9/h7-10,12H,4-5H2,1-3H3. The van der Waals surface area contributed by atoms with Gasteiger partial charge in [-0.3, -0.25) is 4.79 Å². The van der Waals surface area contributed by atoms with Crippen LogP contribution in [0.5, 0.6) is 0 Å². The predicted molar refractivity (Wildman–Crippen MR) is 56.2 cm³/mol. The molecule has 6 heteroatoms. The van der Waals surface area contributed by atoms with E-state index in [1.165, 1.54) is 6.92 Å². The van der Waals surface area contributed by atoms with Crippen LogP contribution in [-0.4, -0.2) is 54.5 Å². The van der Waals surface area contributed by atoms with E-state index < -0.39 is 24.0 Å². The van der Waals surface area contributed by atoms with Crippen molar-refractivity contribution in [2.75, 3.05) is 13.2 Å². The number of hydrogen-bond donors (Lipinski definition) is 1. The molecule has 0 spiro atoms. The van der Waals surface area contributed by atoms with Crippen molar-refractivity contribution in [3.63, 3.8) is 0 Å². The van der Waals surface area contributed by atoms with Gasteiger partial charge >= 0.3 is 5.97 Å². The quantitative estimate of drug-likeness (QED) is 0.682. The maximum Gasteiger partial charge on any atom is 0.303 e. The molecule has 0 radical (unpaired) electrons. The highest BCUT2D eigenvalue weighted by molar-refractivity contribution is 5.66. The van der Waals surface area contributed by atoms with Crippen molar-refractivity contribution in [1.82, 2.24) is 0 Å². The van der Waals surface area contributed by atoms with Crippen LogP contribution in [0.25, 0.3) is 0 Å². The van der Waals surface area contributed by atoms with E-state index in [1.54, 1.807) is 13.8 Å². The van der Waals surface area contributed by atoms with E-state index in [2.05, 4.69) is 0 Å². The van der Waals surface area contributed by atoms with Gasteiger partial charge in [0.1, 0.15) is 18.3 Å². The fourth-order valence-corrected chi connectivity index (χ4v) is 2.21. The summed E-state index contributed by atoms with van der Waals surface area (Å²) in [7, 11) is 0. The van der Waals surface area contributed by atoms with Gasteiger partial charge in [0.25, 0.3) is 0 Å². The number of hydrogen-bond acceptors (Lipinski definition) is 6. The molecule has 2 aliphatic rings. The van der Waals surface area contributed by atoms with Crippen LogP contribution in [0.1, 0.15) is 20.8 Å². The third kappa shape index (κ3) is 2.60. The lowest BCUT2D eigenvalue weighted by atomic mass is 10.1. The van der Waals surface area contributed by atoms with Gasteiger partial charge in [-0.25, -0.2) is 0 Å². The van der Waals surface area contributed by atoms with Crippen LogP contribution < -0.4 is 0 Å². The fourth-order valence-electron chi connectivity index (χ4n) is 2.21. The van der Waals surface area contributed by atoms with Crippen molar-refractivity contribution in [1.29, 1.82) is 0 Å². The number of ether oxygens (including phenoxy) is 4. The fraction of sp³-hybridized carbons (Fsp3) is 0.909. The molecule has 2 aliphatic heterocycles. The third-order valence-corrected chi connectivity index (χ3v) is 2.90. The van der Waals surface area contributed by atoms with E-state index >= 15 is 0 Å². The van der Waals surface area contributed by atoms with Crippen molar-refractivity contribution in [3.05, 3.63) is 0 Å². The number of aliphatic hydroxyl groups is 1. The van der Waals surface area contributed by atoms with E-state index in [1.807, 2.05) is 0 Å². The number of rotatable bonds is 2. The molecule has 0 amide bonds. The number of fused-ring (bicyclic) bond motifs is 1. The van der Waals surface area contributed by atoms with Gasteiger partial charge in [-0.1, -0.05) is 0 Å². The first-order valence-electron chi connectivity index (χ1n) is 5.68. The number of carbonyl (C=O) groups is 1. The summed E-state index contributed by atoms with van der Waals surface area (Å²) in [5, 5.41) is 9.21. The van der Waals surface area contributed by atoms with Crippen LogP contribution in [0.2, 0.25) is 0 Å². The first-order chi connectivity index (χ1) is 7.93. The molecule has 2 heterocycles. The second-order valence-electron chi connectivity index (χ2n) is 4.76. The summed E-state index contributed by atoms with van der Waals surface area (Å²) in [5.41, 5.74) is 0. The van der Waals surface area contributed by atoms with Gasteiger partial charge < -0.3 is 24.1 Å². The first-order valence-corrected chi connectivity index (χ1v) is 5.68. The van der Waals surface area contributed by atoms with E-state index in [0.29, 0.717) is 6.61 Å². The number of esters is 1. The lowest BCUT2D eigenvalue weighted by Gasteiger charge is -2.38. The van der Waals surface area contributed by atoms with Crippen molar-refractivity contribution in [2.45, 2.75) is 51.0 Å². The van der Waals surface area contributed by atoms with Crippen LogP contribution in [0, 0.1) is 0 Å². The molecule has 0 bridgehead atoms. The summed E-state index contributed by atoms with van der Waals surface area (Å²) < 4.78 is 21.9. The lowest BCUT2D eigenvalue weighted by Crippen LogP contribution is -2.51. The van der Waals surface area contributed by atoms with Crippen LogP contribution in [0.3, 0.4) is 0 Å². The van der Waals surface area contributed by atoms with E-state index in [9.17, 15) is 9.90 Å². The Morgan fingerprint density at radius 1 is 1.53 bits per heavy atom. The third-order valence-electron chi connectivity index (χ3n) is 2.90. The van der Waals surface area contributed by atoms with Crippen molar-refractivity contribution >= 4 is 5.97 Å². The molecule has 4 unspecified atom stereocenters. The van der Waals surface area contributed by atoms with Crippen LogP contribution in [0.15, 0.2) is 0 Å². The molecule has 6 nitrogen and oxygen atoms in total. The Morgan fingerprint density at radius 3 is 2.82 bits per heavy atom. The monoisotopic (exact) mass is 246 g/mol. The molecule has 1 N–H and O–H groups in total. The number of carbonyl (C=O) groups excluding carboxylic acids is 1. The summed E-state index contributed by atoms with van der Waals surface area (Å²) in [6.45, 7) is 5.06. The highest BCUT2D eigenvalue weighted by Gasteiger charge is 2.52. The summed E-state index contributed by atoms with van der Waals surface area (Å²) in [6, 6.07) is 0. The van der Waals surface area contributed by atoms with Gasteiger partial charge in [0.2, 0.25) is 0 Å². The molecule has 4 atom stereocenters. The van der Waals surface area contributed by atoms with Gasteiger partial charge in [0.15, 0.2) is 11.9 Å². The Kier molecular flexibility index (Phi) is 3.40. The molecule has 0 aliphatic carbocycles. The zero-order valence-electron chi connectivity index (χ0n) is 10.2. The smallest absolute Gasteiger partial charge is 0.303 e. The molecular formula is C11H18O6. The molecule has 2 saturated heterocycles. The van der Waals surface area contributed by atoms with Gasteiger partial charge in [-0.05, 0) is 13.8 Å². The highest BCUT2D eigenvalue weighted by atomic mass is 16.7. The molecule has 0 aromatic heterocycles. The summed E-state index contributed by atoms with van der Waals surface area (Å²) in [4.78, 5) is 11.1. The Morgan fingerprint density at radius 2 is 2.24 bits per heavy atom. The number of aliphatic hydroxyl groups excluding tert-OH is 1. The second kappa shape index (κ2) is 4.53. The normalized spacial score (nSPS) is 39.8. The minimum absolute atomic E-state index is 0.214. The van der Waals surface area contributed by atoms with Crippen molar-refractivity contribution in [2.24, 2.45) is 0 Å². The zero-order chi connectivity index (χ0) is 12.6. The molecule has 17 heavy (non-hydrogen) atoms. The maximum absolute atomic E-state index is 11.1. The molecule has 98 valence electrons. The highest BCUT2D eigenvalue weighted by Crippen LogP contribution is 2.34. The molecule has 0 aromatic rings. The van der Waals surface area contributed by atoms with Crippen LogP contribution in [0.4, 0.5) is 0 Å². The maximum atomic E-state index is 11.1. The summed E-state index contributed by atoms with van der Waals surface area (Å²) in [5.74, 6) is -1.14. The van der Waals surface area contributed by atoms with Gasteiger partial charge in [-0.2, -0.15) is 0 Å². The Hall–Kier alpha value is -0.690. The molecule has 0 saturated carbocycles. The van der Waals surface area contributed by atoms with Gasteiger partial charge in [-0.15, -0.1) is 0 Å². The lowest BCUT2D eigenvalue weighted by molar-refractivity contribution is -0.300. The zero-order valence-corrected chi connectivity index (χ0v) is 10.2. The topological polar surface area (TPSA) is 74.2 Å². The second-order valence-corrected chi connectivity index (χ2v) is 4.76. The minimum atomic E-state index is -0.729. The SMILES string of the molecule is CC(=O)OC1C(CO)OC2COC(C)(C)OC21. The largest absolute Gasteiger partial charge is 0.457 e. The van der Waals surface area contributed by atoms with Crippen molar-refractivity contribution < 1.29 is 28.8 Å². The van der Waals surface area contributed by atoms with Crippen LogP contribution in [-0.2, 0) is 23.7 Å². The molecular weight excluding hydrogens is 228 g/mol. The minimum Gasteiger partial charge on any atom is -0.457 e. The average Bonchev–Trinajstić information content (AvgIpc) is 2.54. The Balaban J connectivity index is 2.12. The predicted octanol–water partition coefficient (Wildman–Crippen LogP) is -0.171. The van der Waals surface area contributed by atoms with E-state index in [0.717, 1.165) is 0 Å². The molecule has 0 aromatic carbocycles. The average molecular weight is 246 g/mol. The summed E-state index contributed by atoms with van der Waals surface area (Å²) >= 11 is 0. The van der Waals surface area contributed by atoms with Crippen molar-refractivity contribution in [3.8, 4) is 0 Å². The summed E-state index contributed by atoms with van der Waals surface area (Å²) in [6.07, 6.45) is -1.82. The van der Waals surface area contributed by atoms with E-state index in [-0.39, 0.29) is 18.8 Å². The van der Waals surface area contributed by atoms with Gasteiger partial charge in [0.05, 0.1) is 13.2 Å². The van der Waals surface area contributed by atoms with Gasteiger partial charge in [0, 0.05) is 6.92 Å². The Bertz CT molecular complexity index is 302. The Labute approximate surface area is 99.8 Å². The molecule has 2 rings (SSSR count).